The second-order valence-corrected chi connectivity index (χ2v) is 6.34. The molecule has 0 atom stereocenters. The minimum absolute atomic E-state index is 0.656. The van der Waals surface area contributed by atoms with Crippen LogP contribution in [-0.4, -0.2) is 9.97 Å². The zero-order chi connectivity index (χ0) is 15.5. The van der Waals surface area contributed by atoms with E-state index in [1.807, 2.05) is 24.3 Å². The quantitative estimate of drug-likeness (QED) is 0.577. The molecule has 2 aromatic heterocycles. The zero-order valence-corrected chi connectivity index (χ0v) is 13.3. The fraction of sp³-hybridized carbons (Fsp3) is 0.0526. The maximum Gasteiger partial charge on any atom is 0.223 e. The molecule has 1 N–H and O–H groups in total. The van der Waals surface area contributed by atoms with Crippen molar-refractivity contribution in [2.24, 2.45) is 0 Å². The third-order valence-electron chi connectivity index (χ3n) is 3.63. The smallest absolute Gasteiger partial charge is 0.223 e. The number of hydrogen-bond acceptors (Lipinski definition) is 4. The highest BCUT2D eigenvalue weighted by Crippen LogP contribution is 2.32. The summed E-state index contributed by atoms with van der Waals surface area (Å²) in [7, 11) is 0. The van der Waals surface area contributed by atoms with Crippen LogP contribution in [0.4, 0.5) is 5.95 Å². The lowest BCUT2D eigenvalue weighted by Crippen LogP contribution is -2.03. The molecule has 0 aliphatic rings. The van der Waals surface area contributed by atoms with Crippen LogP contribution in [0.2, 0.25) is 0 Å². The Hall–Kier alpha value is -2.72. The highest BCUT2D eigenvalue weighted by molar-refractivity contribution is 7.22. The van der Waals surface area contributed by atoms with Crippen LogP contribution in [0.5, 0.6) is 0 Å². The van der Waals surface area contributed by atoms with E-state index in [4.69, 9.17) is 0 Å². The van der Waals surface area contributed by atoms with Crippen molar-refractivity contribution in [3.05, 3.63) is 78.5 Å². The van der Waals surface area contributed by atoms with Gasteiger partial charge >= 0.3 is 0 Å². The molecule has 0 aliphatic carbocycles. The monoisotopic (exact) mass is 317 g/mol. The van der Waals surface area contributed by atoms with E-state index in [1.165, 1.54) is 15.6 Å². The Bertz CT molecular complexity index is 898. The van der Waals surface area contributed by atoms with Crippen LogP contribution < -0.4 is 5.32 Å². The highest BCUT2D eigenvalue weighted by atomic mass is 32.1. The van der Waals surface area contributed by atoms with Crippen LogP contribution in [0.3, 0.4) is 0 Å². The summed E-state index contributed by atoms with van der Waals surface area (Å²) in [6.45, 7) is 0.719. The number of aromatic nitrogens is 2. The van der Waals surface area contributed by atoms with Gasteiger partial charge < -0.3 is 5.32 Å². The Labute approximate surface area is 138 Å². The molecule has 0 saturated heterocycles. The molecule has 4 rings (SSSR count). The van der Waals surface area contributed by atoms with E-state index in [9.17, 15) is 0 Å². The van der Waals surface area contributed by atoms with Gasteiger partial charge in [0.2, 0.25) is 5.95 Å². The van der Waals surface area contributed by atoms with Gasteiger partial charge in [0, 0.05) is 17.4 Å². The first-order valence-electron chi connectivity index (χ1n) is 7.48. The van der Waals surface area contributed by atoms with Gasteiger partial charge in [-0.1, -0.05) is 48.5 Å². The minimum Gasteiger partial charge on any atom is -0.350 e. The number of anilines is 1. The third kappa shape index (κ3) is 3.07. The normalized spacial score (nSPS) is 10.8. The van der Waals surface area contributed by atoms with E-state index in [2.05, 4.69) is 57.7 Å². The Morgan fingerprint density at radius 1 is 0.913 bits per heavy atom. The molecule has 112 valence electrons. The largest absolute Gasteiger partial charge is 0.350 e. The SMILES string of the molecule is c1ccc(CNc2nccc(-c3cc4ccccc4s3)n2)cc1. The zero-order valence-electron chi connectivity index (χ0n) is 12.4. The molecule has 3 nitrogen and oxygen atoms in total. The van der Waals surface area contributed by atoms with Gasteiger partial charge in [0.05, 0.1) is 10.6 Å². The average Bonchev–Trinajstić information content (AvgIpc) is 3.05. The molecule has 0 bridgehead atoms. The first-order chi connectivity index (χ1) is 11.4. The highest BCUT2D eigenvalue weighted by Gasteiger charge is 2.06. The first-order valence-corrected chi connectivity index (χ1v) is 8.30. The average molecular weight is 317 g/mol. The molecule has 0 radical (unpaired) electrons. The molecule has 0 spiro atoms. The molecule has 2 heterocycles. The van der Waals surface area contributed by atoms with E-state index in [1.54, 1.807) is 17.5 Å². The second kappa shape index (κ2) is 6.18. The van der Waals surface area contributed by atoms with Crippen molar-refractivity contribution >= 4 is 27.4 Å². The number of fused-ring (bicyclic) bond motifs is 1. The van der Waals surface area contributed by atoms with E-state index < -0.39 is 0 Å². The number of thiophene rings is 1. The summed E-state index contributed by atoms with van der Waals surface area (Å²) in [4.78, 5) is 10.1. The first kappa shape index (κ1) is 13.9. The van der Waals surface area contributed by atoms with Gasteiger partial charge in [0.25, 0.3) is 0 Å². The molecular weight excluding hydrogens is 302 g/mol. The lowest BCUT2D eigenvalue weighted by atomic mass is 10.2. The van der Waals surface area contributed by atoms with Crippen molar-refractivity contribution in [3.8, 4) is 10.6 Å². The lowest BCUT2D eigenvalue weighted by molar-refractivity contribution is 1.06. The molecule has 4 aromatic rings. The van der Waals surface area contributed by atoms with E-state index in [0.717, 1.165) is 17.1 Å². The Balaban J connectivity index is 1.58. The molecular formula is C19H15N3S. The van der Waals surface area contributed by atoms with Crippen molar-refractivity contribution in [1.82, 2.24) is 9.97 Å². The van der Waals surface area contributed by atoms with Crippen molar-refractivity contribution in [2.45, 2.75) is 6.54 Å². The Morgan fingerprint density at radius 2 is 1.74 bits per heavy atom. The predicted octanol–water partition coefficient (Wildman–Crippen LogP) is 4.97. The van der Waals surface area contributed by atoms with Crippen LogP contribution in [0.15, 0.2) is 72.9 Å². The Kier molecular flexibility index (Phi) is 3.74. The molecule has 4 heteroatoms. The molecule has 0 amide bonds. The molecule has 0 aliphatic heterocycles. The maximum atomic E-state index is 4.64. The number of nitrogens with zero attached hydrogens (tertiary/aromatic N) is 2. The van der Waals surface area contributed by atoms with E-state index >= 15 is 0 Å². The number of benzene rings is 2. The van der Waals surface area contributed by atoms with Crippen molar-refractivity contribution < 1.29 is 0 Å². The van der Waals surface area contributed by atoms with Crippen molar-refractivity contribution in [1.29, 1.82) is 0 Å². The van der Waals surface area contributed by atoms with Crippen molar-refractivity contribution in [3.63, 3.8) is 0 Å². The molecule has 23 heavy (non-hydrogen) atoms. The van der Waals surface area contributed by atoms with Gasteiger partial charge in [0.1, 0.15) is 0 Å². The van der Waals surface area contributed by atoms with Crippen LogP contribution in [0.1, 0.15) is 5.56 Å². The summed E-state index contributed by atoms with van der Waals surface area (Å²) in [6.07, 6.45) is 1.81. The summed E-state index contributed by atoms with van der Waals surface area (Å²) < 4.78 is 1.28. The minimum atomic E-state index is 0.656. The van der Waals surface area contributed by atoms with Gasteiger partial charge in [-0.05, 0) is 29.1 Å². The standard InChI is InChI=1S/C19H15N3S/c1-2-6-14(7-3-1)13-21-19-20-11-10-16(22-19)18-12-15-8-4-5-9-17(15)23-18/h1-12H,13H2,(H,20,21,22). The molecule has 0 unspecified atom stereocenters. The second-order valence-electron chi connectivity index (χ2n) is 5.25. The van der Waals surface area contributed by atoms with Gasteiger partial charge in [-0.3, -0.25) is 0 Å². The number of nitrogens with one attached hydrogen (secondary N) is 1. The van der Waals surface area contributed by atoms with Crippen LogP contribution in [0, 0.1) is 0 Å². The summed E-state index contributed by atoms with van der Waals surface area (Å²) >= 11 is 1.76. The predicted molar refractivity (Wildman–Crippen MR) is 96.6 cm³/mol. The third-order valence-corrected chi connectivity index (χ3v) is 4.77. The molecule has 0 fully saturated rings. The summed E-state index contributed by atoms with van der Waals surface area (Å²) in [5, 5.41) is 4.54. The fourth-order valence-corrected chi connectivity index (χ4v) is 3.50. The van der Waals surface area contributed by atoms with Gasteiger partial charge in [-0.2, -0.15) is 0 Å². The van der Waals surface area contributed by atoms with Gasteiger partial charge in [0.15, 0.2) is 0 Å². The Morgan fingerprint density at radius 3 is 2.61 bits per heavy atom. The van der Waals surface area contributed by atoms with Crippen molar-refractivity contribution in [2.75, 3.05) is 5.32 Å². The van der Waals surface area contributed by atoms with Crippen LogP contribution in [-0.2, 0) is 6.54 Å². The summed E-state index contributed by atoms with van der Waals surface area (Å²) in [5.74, 6) is 0.656. The summed E-state index contributed by atoms with van der Waals surface area (Å²) in [5.41, 5.74) is 2.17. The van der Waals surface area contributed by atoms with Crippen LogP contribution in [0.25, 0.3) is 20.7 Å². The van der Waals surface area contributed by atoms with Gasteiger partial charge in [-0.25, -0.2) is 9.97 Å². The molecule has 2 aromatic carbocycles. The maximum absolute atomic E-state index is 4.64. The van der Waals surface area contributed by atoms with Gasteiger partial charge in [-0.15, -0.1) is 11.3 Å². The fourth-order valence-electron chi connectivity index (χ4n) is 2.47. The number of rotatable bonds is 4. The topological polar surface area (TPSA) is 37.8 Å². The van der Waals surface area contributed by atoms with Crippen LogP contribution >= 0.6 is 11.3 Å². The summed E-state index contributed by atoms with van der Waals surface area (Å²) in [6, 6.07) is 22.8. The lowest BCUT2D eigenvalue weighted by Gasteiger charge is -2.05. The molecule has 0 saturated carbocycles. The number of hydrogen-bond donors (Lipinski definition) is 1. The van der Waals surface area contributed by atoms with E-state index in [-0.39, 0.29) is 0 Å². The van der Waals surface area contributed by atoms with E-state index in [0.29, 0.717) is 5.95 Å².